The van der Waals surface area contributed by atoms with E-state index in [4.69, 9.17) is 9.47 Å². The van der Waals surface area contributed by atoms with Gasteiger partial charge in [0.05, 0.1) is 17.6 Å². The van der Waals surface area contributed by atoms with E-state index in [1.807, 2.05) is 0 Å². The summed E-state index contributed by atoms with van der Waals surface area (Å²) >= 11 is 1.98. The van der Waals surface area contributed by atoms with Crippen LogP contribution in [0.25, 0.3) is 0 Å². The highest BCUT2D eigenvalue weighted by atomic mass is 32.2. The zero-order valence-electron chi connectivity index (χ0n) is 20.9. The Labute approximate surface area is 234 Å². The Morgan fingerprint density at radius 3 is 2.50 bits per heavy atom. The molecule has 2 aliphatic rings. The summed E-state index contributed by atoms with van der Waals surface area (Å²) in [6.07, 6.45) is 0. The summed E-state index contributed by atoms with van der Waals surface area (Å²) in [6.45, 7) is 0.940. The first-order chi connectivity index (χ1) is 19.2. The molecule has 0 saturated carbocycles. The minimum absolute atomic E-state index is 0.0656. The SMILES string of the molecule is CCOc1cc([C@H]2c3sc(=O)[nH]c3SC3C(=O)N(CC(=O)O)C(=O)C32)ccc1OCC(=O)Nc1ccc(O)cc1. The van der Waals surface area contributed by atoms with Crippen LogP contribution in [-0.4, -0.2) is 68.8 Å². The molecule has 0 aliphatic carbocycles. The maximum Gasteiger partial charge on any atom is 0.323 e. The first-order valence-electron chi connectivity index (χ1n) is 12.1. The molecule has 0 radical (unpaired) electrons. The third kappa shape index (κ3) is 5.27. The van der Waals surface area contributed by atoms with Crippen molar-refractivity contribution in [2.45, 2.75) is 23.1 Å². The summed E-state index contributed by atoms with van der Waals surface area (Å²) < 4.78 is 11.5. The Balaban J connectivity index is 1.43. The standard InChI is InChI=1S/C26H23N3O9S2/c1-2-37-16-9-12(3-8-15(16)38-11-17(31)27-13-4-6-14(30)7-5-13)19-20-22(39-23-21(19)40-26(36)28-23)25(35)29(24(20)34)10-18(32)33/h3-9,19-20,22,30H,2,10-11H2,1H3,(H,27,31)(H,28,36)(H,32,33)/t19-,20?,22?/m1/s1. The van der Waals surface area contributed by atoms with Crippen LogP contribution in [0.2, 0.25) is 0 Å². The molecule has 2 unspecified atom stereocenters. The van der Waals surface area contributed by atoms with Gasteiger partial charge in [-0.3, -0.25) is 28.9 Å². The van der Waals surface area contributed by atoms with E-state index in [-0.39, 0.29) is 35.3 Å². The average molecular weight is 586 g/mol. The number of carbonyl (C=O) groups is 4. The fourth-order valence-electron chi connectivity index (χ4n) is 4.72. The van der Waals surface area contributed by atoms with E-state index in [1.54, 1.807) is 37.3 Å². The van der Waals surface area contributed by atoms with Crippen molar-refractivity contribution in [1.82, 2.24) is 9.88 Å². The summed E-state index contributed by atoms with van der Waals surface area (Å²) in [5.41, 5.74) is 1.04. The van der Waals surface area contributed by atoms with Gasteiger partial charge in [0.1, 0.15) is 17.5 Å². The number of nitrogens with one attached hydrogen (secondary N) is 2. The summed E-state index contributed by atoms with van der Waals surface area (Å²) in [5.74, 6) is -4.01. The number of aromatic nitrogens is 1. The van der Waals surface area contributed by atoms with Crippen LogP contribution in [0, 0.1) is 5.92 Å². The number of fused-ring (bicyclic) bond motifs is 2. The summed E-state index contributed by atoms with van der Waals surface area (Å²) in [4.78, 5) is 66.1. The van der Waals surface area contributed by atoms with Crippen LogP contribution in [-0.2, 0) is 19.2 Å². The number of phenolic OH excluding ortho intramolecular Hbond substituents is 1. The molecule has 14 heteroatoms. The minimum atomic E-state index is -1.31. The van der Waals surface area contributed by atoms with E-state index in [0.717, 1.165) is 28.0 Å². The lowest BCUT2D eigenvalue weighted by molar-refractivity contribution is -0.149. The summed E-state index contributed by atoms with van der Waals surface area (Å²) in [7, 11) is 0. The van der Waals surface area contributed by atoms with Crippen molar-refractivity contribution in [2.75, 3.05) is 25.1 Å². The lowest BCUT2D eigenvalue weighted by Crippen LogP contribution is -2.36. The van der Waals surface area contributed by atoms with Gasteiger partial charge < -0.3 is 30.0 Å². The lowest BCUT2D eigenvalue weighted by Gasteiger charge is -2.30. The molecule has 3 amide bonds. The summed E-state index contributed by atoms with van der Waals surface area (Å²) in [6, 6.07) is 10.8. The predicted molar refractivity (Wildman–Crippen MR) is 144 cm³/mol. The minimum Gasteiger partial charge on any atom is -0.508 e. The highest BCUT2D eigenvalue weighted by molar-refractivity contribution is 8.00. The number of hydrogen-bond donors (Lipinski definition) is 4. The number of phenols is 1. The fraction of sp³-hybridized carbons (Fsp3) is 0.269. The van der Waals surface area contributed by atoms with Gasteiger partial charge in [-0.05, 0) is 48.9 Å². The van der Waals surface area contributed by atoms with Crippen LogP contribution in [0.15, 0.2) is 52.3 Å². The second-order valence-electron chi connectivity index (χ2n) is 8.93. The number of carboxylic acids is 1. The molecule has 1 saturated heterocycles. The highest BCUT2D eigenvalue weighted by Crippen LogP contribution is 2.53. The number of aromatic amines is 1. The number of rotatable bonds is 9. The fourth-order valence-corrected chi connectivity index (χ4v) is 7.25. The number of thioether (sulfide) groups is 1. The van der Waals surface area contributed by atoms with Crippen LogP contribution >= 0.6 is 23.1 Å². The van der Waals surface area contributed by atoms with Crippen LogP contribution in [0.4, 0.5) is 5.69 Å². The lowest BCUT2D eigenvalue weighted by atomic mass is 9.83. The molecule has 12 nitrogen and oxygen atoms in total. The number of thiazole rings is 1. The average Bonchev–Trinajstić information content (AvgIpc) is 3.39. The van der Waals surface area contributed by atoms with Crippen molar-refractivity contribution < 1.29 is 38.9 Å². The molecule has 1 fully saturated rings. The molecule has 3 heterocycles. The topological polar surface area (TPSA) is 175 Å². The molecule has 0 bridgehead atoms. The maximum atomic E-state index is 13.3. The molecule has 208 valence electrons. The Hall–Kier alpha value is -4.30. The van der Waals surface area contributed by atoms with Crippen molar-refractivity contribution in [3.05, 3.63) is 62.6 Å². The molecule has 3 atom stereocenters. The second-order valence-corrected chi connectivity index (χ2v) is 11.1. The number of aromatic hydroxyl groups is 1. The van der Waals surface area contributed by atoms with Gasteiger partial charge in [0, 0.05) is 16.5 Å². The monoisotopic (exact) mass is 585 g/mol. The predicted octanol–water partition coefficient (Wildman–Crippen LogP) is 2.23. The smallest absolute Gasteiger partial charge is 0.323 e. The van der Waals surface area contributed by atoms with Crippen LogP contribution in [0.3, 0.4) is 0 Å². The largest absolute Gasteiger partial charge is 0.508 e. The number of hydrogen-bond acceptors (Lipinski definition) is 10. The molecule has 2 aliphatic heterocycles. The molecule has 4 N–H and O–H groups in total. The van der Waals surface area contributed by atoms with Crippen molar-refractivity contribution in [3.8, 4) is 17.2 Å². The first kappa shape index (κ1) is 27.3. The van der Waals surface area contributed by atoms with Crippen LogP contribution in [0.5, 0.6) is 17.2 Å². The number of aliphatic carboxylic acids is 1. The van der Waals surface area contributed by atoms with E-state index >= 15 is 0 Å². The van der Waals surface area contributed by atoms with Crippen LogP contribution in [0.1, 0.15) is 23.3 Å². The number of H-pyrrole nitrogens is 1. The van der Waals surface area contributed by atoms with Gasteiger partial charge in [-0.2, -0.15) is 0 Å². The Morgan fingerprint density at radius 2 is 1.80 bits per heavy atom. The van der Waals surface area contributed by atoms with E-state index in [9.17, 15) is 34.2 Å². The van der Waals surface area contributed by atoms with Crippen molar-refractivity contribution >= 4 is 52.5 Å². The molecule has 2 aromatic carbocycles. The number of anilines is 1. The molecule has 5 rings (SSSR count). The Kier molecular flexibility index (Phi) is 7.54. The zero-order chi connectivity index (χ0) is 28.6. The van der Waals surface area contributed by atoms with Crippen molar-refractivity contribution in [3.63, 3.8) is 0 Å². The van der Waals surface area contributed by atoms with Gasteiger partial charge in [-0.25, -0.2) is 0 Å². The van der Waals surface area contributed by atoms with Gasteiger partial charge >= 0.3 is 10.8 Å². The molecule has 3 aromatic rings. The number of likely N-dealkylation sites (tertiary alicyclic amines) is 1. The molecule has 1 aromatic heterocycles. The number of ether oxygens (including phenoxy) is 2. The first-order valence-corrected chi connectivity index (χ1v) is 13.8. The van der Waals surface area contributed by atoms with Crippen molar-refractivity contribution in [1.29, 1.82) is 0 Å². The zero-order valence-corrected chi connectivity index (χ0v) is 22.5. The van der Waals surface area contributed by atoms with E-state index in [1.165, 1.54) is 12.1 Å². The molecular weight excluding hydrogens is 562 g/mol. The second kappa shape index (κ2) is 11.1. The third-order valence-electron chi connectivity index (χ3n) is 6.35. The number of amides is 3. The van der Waals surface area contributed by atoms with Gasteiger partial charge in [0.25, 0.3) is 5.91 Å². The third-order valence-corrected chi connectivity index (χ3v) is 8.75. The maximum absolute atomic E-state index is 13.3. The number of benzene rings is 2. The molecule has 0 spiro atoms. The number of carboxylic acid groups (broad SMARTS) is 1. The Bertz CT molecular complexity index is 1550. The van der Waals surface area contributed by atoms with Crippen LogP contribution < -0.4 is 19.7 Å². The van der Waals surface area contributed by atoms with Crippen molar-refractivity contribution in [2.24, 2.45) is 5.92 Å². The summed E-state index contributed by atoms with van der Waals surface area (Å²) in [5, 5.41) is 20.8. The van der Waals surface area contributed by atoms with E-state index in [2.05, 4.69) is 10.3 Å². The number of carbonyl (C=O) groups excluding carboxylic acids is 3. The molecule has 40 heavy (non-hydrogen) atoms. The highest BCUT2D eigenvalue weighted by Gasteiger charge is 2.56. The van der Waals surface area contributed by atoms with Gasteiger partial charge in [0.2, 0.25) is 11.8 Å². The quantitative estimate of drug-likeness (QED) is 0.215. The van der Waals surface area contributed by atoms with Gasteiger partial charge in [-0.1, -0.05) is 29.2 Å². The van der Waals surface area contributed by atoms with Gasteiger partial charge in [-0.15, -0.1) is 0 Å². The number of imide groups is 1. The molecular formula is C26H23N3O9S2. The Morgan fingerprint density at radius 1 is 1.05 bits per heavy atom. The van der Waals surface area contributed by atoms with E-state index in [0.29, 0.717) is 21.2 Å². The van der Waals surface area contributed by atoms with Gasteiger partial charge in [0.15, 0.2) is 18.1 Å². The normalized spacial score (nSPS) is 19.6. The van der Waals surface area contributed by atoms with E-state index < -0.39 is 47.3 Å². The number of nitrogens with zero attached hydrogens (tertiary/aromatic N) is 1.